The molecule has 2 fully saturated rings. The largest absolute Gasteiger partial charge is 0.375 e. The zero-order valence-corrected chi connectivity index (χ0v) is 9.68. The van der Waals surface area contributed by atoms with Crippen LogP contribution in [0.1, 0.15) is 46.5 Å². The van der Waals surface area contributed by atoms with Crippen molar-refractivity contribution in [1.29, 1.82) is 0 Å². The van der Waals surface area contributed by atoms with Crippen LogP contribution in [0.4, 0.5) is 0 Å². The minimum atomic E-state index is 0.492. The second kappa shape index (κ2) is 3.82. The third-order valence-electron chi connectivity index (χ3n) is 3.78. The first-order valence-electron chi connectivity index (χ1n) is 5.98. The van der Waals surface area contributed by atoms with Crippen molar-refractivity contribution in [3.63, 3.8) is 0 Å². The molecule has 3 atom stereocenters. The van der Waals surface area contributed by atoms with Crippen LogP contribution < -0.4 is 5.32 Å². The summed E-state index contributed by atoms with van der Waals surface area (Å²) in [6.07, 6.45) is 5.50. The highest BCUT2D eigenvalue weighted by Gasteiger charge is 2.38. The summed E-state index contributed by atoms with van der Waals surface area (Å²) in [5.74, 6) is 0. The lowest BCUT2D eigenvalue weighted by Crippen LogP contribution is -2.57. The molecule has 1 aliphatic heterocycles. The monoisotopic (exact) mass is 197 g/mol. The number of morpholine rings is 1. The van der Waals surface area contributed by atoms with E-state index in [1.54, 1.807) is 0 Å². The van der Waals surface area contributed by atoms with Crippen LogP contribution in [-0.2, 0) is 4.74 Å². The Kier molecular flexibility index (Phi) is 2.85. The molecule has 1 saturated heterocycles. The molecule has 0 radical (unpaired) electrons. The fourth-order valence-corrected chi connectivity index (χ4v) is 2.76. The molecule has 2 rings (SSSR count). The molecule has 2 heteroatoms. The van der Waals surface area contributed by atoms with Gasteiger partial charge in [0.05, 0.1) is 12.7 Å². The molecule has 3 unspecified atom stereocenters. The van der Waals surface area contributed by atoms with Gasteiger partial charge in [0.15, 0.2) is 0 Å². The molecule has 0 spiro atoms. The van der Waals surface area contributed by atoms with E-state index in [0.717, 1.165) is 6.61 Å². The van der Waals surface area contributed by atoms with Gasteiger partial charge in [0.2, 0.25) is 0 Å². The molecule has 0 aromatic heterocycles. The number of rotatable bonds is 1. The maximum Gasteiger partial charge on any atom is 0.0729 e. The molecule has 0 aromatic carbocycles. The maximum absolute atomic E-state index is 5.92. The first-order valence-corrected chi connectivity index (χ1v) is 5.98. The molecule has 1 N–H and O–H groups in total. The van der Waals surface area contributed by atoms with Crippen molar-refractivity contribution in [2.45, 2.75) is 64.6 Å². The molecular weight excluding hydrogens is 174 g/mol. The number of hydrogen-bond acceptors (Lipinski definition) is 2. The molecule has 1 heterocycles. The van der Waals surface area contributed by atoms with Gasteiger partial charge in [-0.1, -0.05) is 20.8 Å². The zero-order chi connectivity index (χ0) is 10.2. The average Bonchev–Trinajstić information content (AvgIpc) is 2.15. The van der Waals surface area contributed by atoms with Gasteiger partial charge in [-0.25, -0.2) is 0 Å². The first kappa shape index (κ1) is 10.4. The second-order valence-corrected chi connectivity index (χ2v) is 5.66. The van der Waals surface area contributed by atoms with Gasteiger partial charge in [-0.2, -0.15) is 0 Å². The number of ether oxygens (including phenoxy) is 1. The van der Waals surface area contributed by atoms with Crippen LogP contribution in [0.25, 0.3) is 0 Å². The lowest BCUT2D eigenvalue weighted by atomic mass is 9.73. The van der Waals surface area contributed by atoms with Crippen LogP contribution in [-0.4, -0.2) is 24.8 Å². The maximum atomic E-state index is 5.92. The van der Waals surface area contributed by atoms with E-state index in [0.29, 0.717) is 23.6 Å². The van der Waals surface area contributed by atoms with Crippen LogP contribution in [0.3, 0.4) is 0 Å². The normalized spacial score (nSPS) is 41.8. The molecule has 14 heavy (non-hydrogen) atoms. The van der Waals surface area contributed by atoms with Gasteiger partial charge in [-0.3, -0.25) is 0 Å². The van der Waals surface area contributed by atoms with E-state index in [2.05, 4.69) is 26.1 Å². The minimum Gasteiger partial charge on any atom is -0.375 e. The highest BCUT2D eigenvalue weighted by molar-refractivity contribution is 4.94. The summed E-state index contributed by atoms with van der Waals surface area (Å²) in [5.41, 5.74) is 0.507. The molecule has 0 bridgehead atoms. The van der Waals surface area contributed by atoms with E-state index in [4.69, 9.17) is 4.74 Å². The Morgan fingerprint density at radius 2 is 2.21 bits per heavy atom. The molecule has 2 nitrogen and oxygen atoms in total. The predicted molar refractivity (Wildman–Crippen MR) is 58.4 cm³/mol. The van der Waals surface area contributed by atoms with E-state index in [1.165, 1.54) is 25.7 Å². The van der Waals surface area contributed by atoms with Gasteiger partial charge in [-0.15, -0.1) is 0 Å². The van der Waals surface area contributed by atoms with Gasteiger partial charge < -0.3 is 10.1 Å². The summed E-state index contributed by atoms with van der Waals surface area (Å²) in [7, 11) is 0. The van der Waals surface area contributed by atoms with Crippen molar-refractivity contribution >= 4 is 0 Å². The van der Waals surface area contributed by atoms with Crippen LogP contribution in [0.5, 0.6) is 0 Å². The van der Waals surface area contributed by atoms with E-state index < -0.39 is 0 Å². The SMILES string of the molecule is CCC1COC2CCC(C)(C)CC2N1. The fourth-order valence-electron chi connectivity index (χ4n) is 2.76. The lowest BCUT2D eigenvalue weighted by Gasteiger charge is -2.45. The second-order valence-electron chi connectivity index (χ2n) is 5.66. The summed E-state index contributed by atoms with van der Waals surface area (Å²) in [5, 5.41) is 3.74. The molecule has 1 saturated carbocycles. The van der Waals surface area contributed by atoms with Gasteiger partial charge >= 0.3 is 0 Å². The standard InChI is InChI=1S/C12H23NO/c1-4-9-8-14-11-5-6-12(2,3)7-10(11)13-9/h9-11,13H,4-8H2,1-3H3. The number of nitrogens with one attached hydrogen (secondary N) is 1. The molecule has 0 aromatic rings. The predicted octanol–water partition coefficient (Wildman–Crippen LogP) is 2.33. The Morgan fingerprint density at radius 1 is 1.43 bits per heavy atom. The van der Waals surface area contributed by atoms with Crippen molar-refractivity contribution in [1.82, 2.24) is 5.32 Å². The fraction of sp³-hybridized carbons (Fsp3) is 1.00. The highest BCUT2D eigenvalue weighted by atomic mass is 16.5. The van der Waals surface area contributed by atoms with Crippen molar-refractivity contribution in [2.75, 3.05) is 6.61 Å². The van der Waals surface area contributed by atoms with Gasteiger partial charge in [0.1, 0.15) is 0 Å². The van der Waals surface area contributed by atoms with Crippen LogP contribution in [0.2, 0.25) is 0 Å². The Bertz CT molecular complexity index is 202. The number of hydrogen-bond donors (Lipinski definition) is 1. The quantitative estimate of drug-likeness (QED) is 0.696. The van der Waals surface area contributed by atoms with Crippen molar-refractivity contribution in [3.05, 3.63) is 0 Å². The third-order valence-corrected chi connectivity index (χ3v) is 3.78. The Morgan fingerprint density at radius 3 is 2.93 bits per heavy atom. The van der Waals surface area contributed by atoms with Gasteiger partial charge in [-0.05, 0) is 31.1 Å². The van der Waals surface area contributed by atoms with Gasteiger partial charge in [0, 0.05) is 12.1 Å². The zero-order valence-electron chi connectivity index (χ0n) is 9.68. The Labute approximate surface area is 87.4 Å². The molecule has 1 aliphatic carbocycles. The molecular formula is C12H23NO. The van der Waals surface area contributed by atoms with Gasteiger partial charge in [0.25, 0.3) is 0 Å². The van der Waals surface area contributed by atoms with Crippen LogP contribution >= 0.6 is 0 Å². The lowest BCUT2D eigenvalue weighted by molar-refractivity contribution is -0.0665. The van der Waals surface area contributed by atoms with Crippen molar-refractivity contribution in [2.24, 2.45) is 5.41 Å². The average molecular weight is 197 g/mol. The minimum absolute atomic E-state index is 0.492. The summed E-state index contributed by atoms with van der Waals surface area (Å²) >= 11 is 0. The van der Waals surface area contributed by atoms with Crippen molar-refractivity contribution < 1.29 is 4.74 Å². The highest BCUT2D eigenvalue weighted by Crippen LogP contribution is 2.37. The molecule has 0 amide bonds. The Balaban J connectivity index is 1.97. The van der Waals surface area contributed by atoms with E-state index in [9.17, 15) is 0 Å². The Hall–Kier alpha value is -0.0800. The van der Waals surface area contributed by atoms with Crippen LogP contribution in [0, 0.1) is 5.41 Å². The summed E-state index contributed by atoms with van der Waals surface area (Å²) in [6, 6.07) is 1.20. The smallest absolute Gasteiger partial charge is 0.0729 e. The molecule has 2 aliphatic rings. The topological polar surface area (TPSA) is 21.3 Å². The van der Waals surface area contributed by atoms with Crippen LogP contribution in [0.15, 0.2) is 0 Å². The van der Waals surface area contributed by atoms with E-state index in [1.807, 2.05) is 0 Å². The number of fused-ring (bicyclic) bond motifs is 1. The molecule has 82 valence electrons. The van der Waals surface area contributed by atoms with E-state index >= 15 is 0 Å². The summed E-state index contributed by atoms with van der Waals surface area (Å²) in [6.45, 7) is 7.90. The van der Waals surface area contributed by atoms with Crippen molar-refractivity contribution in [3.8, 4) is 0 Å². The van der Waals surface area contributed by atoms with E-state index in [-0.39, 0.29) is 0 Å². The first-order chi connectivity index (χ1) is 6.61. The third kappa shape index (κ3) is 2.12. The summed E-state index contributed by atoms with van der Waals surface area (Å²) < 4.78 is 5.92. The summed E-state index contributed by atoms with van der Waals surface area (Å²) in [4.78, 5) is 0.